The number of hydrogen-bond acceptors (Lipinski definition) is 3. The molecule has 1 fully saturated rings. The molecule has 0 aromatic rings. The van der Waals surface area contributed by atoms with Crippen LogP contribution in [0.3, 0.4) is 0 Å². The monoisotopic (exact) mass is 139 g/mol. The zero-order valence-corrected chi connectivity index (χ0v) is 5.15. The highest BCUT2D eigenvalue weighted by molar-refractivity contribution is 5.90. The Kier molecular flexibility index (Phi) is 1.92. The fourth-order valence-electron chi connectivity index (χ4n) is 0.661. The van der Waals surface area contributed by atoms with Gasteiger partial charge in [0.2, 0.25) is 0 Å². The van der Waals surface area contributed by atoms with Crippen LogP contribution >= 0.6 is 0 Å². The van der Waals surface area contributed by atoms with Crippen LogP contribution in [-0.4, -0.2) is 12.6 Å². The van der Waals surface area contributed by atoms with Gasteiger partial charge in [0.1, 0.15) is 0 Å². The van der Waals surface area contributed by atoms with Crippen molar-refractivity contribution in [1.29, 1.82) is 0 Å². The van der Waals surface area contributed by atoms with E-state index in [2.05, 4.69) is 14.8 Å². The van der Waals surface area contributed by atoms with Crippen LogP contribution in [-0.2, 0) is 9.53 Å². The highest BCUT2D eigenvalue weighted by Crippen LogP contribution is 2.12. The predicted octanol–water partition coefficient (Wildman–Crippen LogP) is 1.13. The number of azide groups is 1. The third-order valence-corrected chi connectivity index (χ3v) is 1.13. The molecule has 0 bridgehead atoms. The summed E-state index contributed by atoms with van der Waals surface area (Å²) in [5, 5.41) is 3.12. The number of carbonyl (C=O) groups is 1. The Balaban J connectivity index is 2.71. The van der Waals surface area contributed by atoms with Gasteiger partial charge in [-0.05, 0) is 5.53 Å². The molecule has 0 N–H and O–H groups in total. The van der Waals surface area contributed by atoms with Crippen molar-refractivity contribution in [2.24, 2.45) is 5.11 Å². The van der Waals surface area contributed by atoms with E-state index < -0.39 is 0 Å². The van der Waals surface area contributed by atoms with Gasteiger partial charge < -0.3 is 4.74 Å². The molecule has 1 aliphatic heterocycles. The van der Waals surface area contributed by atoms with Gasteiger partial charge in [-0.15, -0.1) is 0 Å². The third-order valence-electron chi connectivity index (χ3n) is 1.13. The van der Waals surface area contributed by atoms with Gasteiger partial charge >= 0.3 is 5.97 Å². The Morgan fingerprint density at radius 2 is 2.60 bits per heavy atom. The van der Waals surface area contributed by atoms with Crippen LogP contribution in [0.2, 0.25) is 0 Å². The van der Waals surface area contributed by atoms with Crippen molar-refractivity contribution < 1.29 is 9.53 Å². The van der Waals surface area contributed by atoms with Gasteiger partial charge in [0.15, 0.2) is 0 Å². The van der Waals surface area contributed by atoms with Crippen molar-refractivity contribution in [2.45, 2.75) is 6.42 Å². The van der Waals surface area contributed by atoms with E-state index in [1.165, 1.54) is 6.20 Å². The van der Waals surface area contributed by atoms with Crippen LogP contribution in [0.5, 0.6) is 0 Å². The van der Waals surface area contributed by atoms with Crippen molar-refractivity contribution in [3.63, 3.8) is 0 Å². The first-order valence-electron chi connectivity index (χ1n) is 2.75. The molecule has 0 aromatic carbocycles. The molecule has 52 valence electrons. The lowest BCUT2D eigenvalue weighted by atomic mass is 10.2. The molecule has 5 heteroatoms. The van der Waals surface area contributed by atoms with Crippen molar-refractivity contribution in [1.82, 2.24) is 0 Å². The summed E-state index contributed by atoms with van der Waals surface area (Å²) in [6, 6.07) is 0. The van der Waals surface area contributed by atoms with E-state index in [4.69, 9.17) is 5.53 Å². The summed E-state index contributed by atoms with van der Waals surface area (Å²) in [5.74, 6) is -0.382. The molecule has 0 saturated carbocycles. The fourth-order valence-corrected chi connectivity index (χ4v) is 0.661. The number of ether oxygens (including phenoxy) is 1. The minimum absolute atomic E-state index is 0.382. The lowest BCUT2D eigenvalue weighted by molar-refractivity contribution is -0.135. The summed E-state index contributed by atoms with van der Waals surface area (Å²) in [5.41, 5.74) is 8.32. The Bertz CT molecular complexity index is 227. The van der Waals surface area contributed by atoms with Crippen molar-refractivity contribution in [3.8, 4) is 0 Å². The van der Waals surface area contributed by atoms with Crippen molar-refractivity contribution in [3.05, 3.63) is 22.2 Å². The average Bonchev–Trinajstić information content (AvgIpc) is 2.31. The maximum atomic E-state index is 10.6. The highest BCUT2D eigenvalue weighted by Gasteiger charge is 2.17. The second-order valence-electron chi connectivity index (χ2n) is 1.75. The van der Waals surface area contributed by atoms with Gasteiger partial charge in [-0.25, -0.2) is 4.79 Å². The summed E-state index contributed by atoms with van der Waals surface area (Å²) >= 11 is 0. The summed E-state index contributed by atoms with van der Waals surface area (Å²) in [6.07, 6.45) is 1.73. The molecule has 1 saturated heterocycles. The van der Waals surface area contributed by atoms with E-state index in [1.807, 2.05) is 0 Å². The molecule has 1 heterocycles. The predicted molar refractivity (Wildman–Crippen MR) is 32.8 cm³/mol. The zero-order valence-electron chi connectivity index (χ0n) is 5.15. The SMILES string of the molecule is [N-]=[N+]=N/C=C1\CCOC1=O. The van der Waals surface area contributed by atoms with Crippen LogP contribution in [0, 0.1) is 0 Å². The molecule has 1 rings (SSSR count). The standard InChI is InChI=1S/C5H5N3O2/c6-8-7-3-4-1-2-10-5(4)9/h3H,1-2H2/b4-3+. The molecule has 0 radical (unpaired) electrons. The molecule has 10 heavy (non-hydrogen) atoms. The van der Waals surface area contributed by atoms with Crippen LogP contribution in [0.15, 0.2) is 16.9 Å². The molecule has 5 nitrogen and oxygen atoms in total. The van der Waals surface area contributed by atoms with Crippen molar-refractivity contribution in [2.75, 3.05) is 6.61 Å². The molecular weight excluding hydrogens is 134 g/mol. The third kappa shape index (κ3) is 1.27. The molecule has 0 aromatic heterocycles. The second kappa shape index (κ2) is 2.89. The van der Waals surface area contributed by atoms with E-state index >= 15 is 0 Å². The molecular formula is C5H5N3O2. The van der Waals surface area contributed by atoms with Gasteiger partial charge in [0.25, 0.3) is 0 Å². The summed E-state index contributed by atoms with van der Waals surface area (Å²) in [7, 11) is 0. The molecule has 0 aliphatic carbocycles. The van der Waals surface area contributed by atoms with Crippen molar-refractivity contribution >= 4 is 5.97 Å². The van der Waals surface area contributed by atoms with Crippen LogP contribution < -0.4 is 0 Å². The van der Waals surface area contributed by atoms with Gasteiger partial charge in [-0.2, -0.15) is 0 Å². The summed E-state index contributed by atoms with van der Waals surface area (Å²) in [6.45, 7) is 0.394. The minimum atomic E-state index is -0.382. The number of nitrogens with zero attached hydrogens (tertiary/aromatic N) is 3. The summed E-state index contributed by atoms with van der Waals surface area (Å²) < 4.78 is 4.57. The zero-order chi connectivity index (χ0) is 7.40. The largest absolute Gasteiger partial charge is 0.462 e. The average molecular weight is 139 g/mol. The normalized spacial score (nSPS) is 20.4. The number of cyclic esters (lactones) is 1. The van der Waals surface area contributed by atoms with E-state index in [-0.39, 0.29) is 5.97 Å². The lowest BCUT2D eigenvalue weighted by Crippen LogP contribution is -1.93. The Hall–Kier alpha value is -1.48. The van der Waals surface area contributed by atoms with E-state index in [9.17, 15) is 4.79 Å². The van der Waals surface area contributed by atoms with E-state index in [0.29, 0.717) is 18.6 Å². The molecule has 0 atom stereocenters. The first kappa shape index (κ1) is 6.64. The first-order valence-corrected chi connectivity index (χ1v) is 2.75. The molecule has 0 spiro atoms. The first-order chi connectivity index (χ1) is 4.84. The molecule has 0 amide bonds. The number of rotatable bonds is 1. The highest BCUT2D eigenvalue weighted by atomic mass is 16.5. The van der Waals surface area contributed by atoms with Crippen LogP contribution in [0.25, 0.3) is 10.4 Å². The van der Waals surface area contributed by atoms with Gasteiger partial charge in [0.05, 0.1) is 6.61 Å². The quantitative estimate of drug-likeness (QED) is 0.179. The van der Waals surface area contributed by atoms with Gasteiger partial charge in [0, 0.05) is 23.1 Å². The Morgan fingerprint density at radius 3 is 3.10 bits per heavy atom. The van der Waals surface area contributed by atoms with Gasteiger partial charge in [-0.1, -0.05) is 5.11 Å². The lowest BCUT2D eigenvalue weighted by Gasteiger charge is -1.84. The topological polar surface area (TPSA) is 75.1 Å². The maximum absolute atomic E-state index is 10.6. The smallest absolute Gasteiger partial charge is 0.333 e. The Morgan fingerprint density at radius 1 is 1.80 bits per heavy atom. The van der Waals surface area contributed by atoms with Crippen LogP contribution in [0.1, 0.15) is 6.42 Å². The number of hydrogen-bond donors (Lipinski definition) is 0. The van der Waals surface area contributed by atoms with Crippen LogP contribution in [0.4, 0.5) is 0 Å². The second-order valence-corrected chi connectivity index (χ2v) is 1.75. The van der Waals surface area contributed by atoms with E-state index in [0.717, 1.165) is 0 Å². The fraction of sp³-hybridized carbons (Fsp3) is 0.400. The molecule has 0 unspecified atom stereocenters. The Labute approximate surface area is 56.9 Å². The molecule has 1 aliphatic rings. The minimum Gasteiger partial charge on any atom is -0.462 e. The van der Waals surface area contributed by atoms with E-state index in [1.54, 1.807) is 0 Å². The van der Waals surface area contributed by atoms with Gasteiger partial charge in [-0.3, -0.25) is 0 Å². The number of esters is 1. The number of carbonyl (C=O) groups excluding carboxylic acids is 1. The maximum Gasteiger partial charge on any atom is 0.333 e. The summed E-state index contributed by atoms with van der Waals surface area (Å²) in [4.78, 5) is 13.1.